The van der Waals surface area contributed by atoms with Crippen LogP contribution in [-0.4, -0.2) is 41.7 Å². The molecule has 0 saturated carbocycles. The number of carbonyl (C=O) groups is 1. The Morgan fingerprint density at radius 1 is 1.73 bits per heavy atom. The molecule has 0 aliphatic rings. The highest BCUT2D eigenvalue weighted by Gasteiger charge is 2.16. The summed E-state index contributed by atoms with van der Waals surface area (Å²) in [6, 6.07) is 0. The van der Waals surface area contributed by atoms with Crippen LogP contribution in [0.2, 0.25) is 0 Å². The van der Waals surface area contributed by atoms with Gasteiger partial charge in [-0.3, -0.25) is 9.69 Å². The molecule has 0 N–H and O–H groups in total. The van der Waals surface area contributed by atoms with Gasteiger partial charge in [-0.25, -0.2) is 0 Å². The smallest absolute Gasteiger partial charge is 0.309 e. The quantitative estimate of drug-likeness (QED) is 0.656. The average molecular weight is 213 g/mol. The third-order valence-corrected chi connectivity index (χ3v) is 2.00. The summed E-state index contributed by atoms with van der Waals surface area (Å²) in [5, 5.41) is 3.50. The predicted molar refractivity (Wildman–Crippen MR) is 51.8 cm³/mol. The molecule has 6 nitrogen and oxygen atoms in total. The van der Waals surface area contributed by atoms with Crippen molar-refractivity contribution in [3.8, 4) is 0 Å². The molecule has 84 valence electrons. The van der Waals surface area contributed by atoms with Crippen LogP contribution < -0.4 is 0 Å². The number of hydrogen-bond donors (Lipinski definition) is 0. The van der Waals surface area contributed by atoms with Gasteiger partial charge in [0.2, 0.25) is 5.89 Å². The second-order valence-corrected chi connectivity index (χ2v) is 3.46. The minimum atomic E-state index is -0.215. The third-order valence-electron chi connectivity index (χ3n) is 2.00. The van der Waals surface area contributed by atoms with Gasteiger partial charge in [-0.2, -0.15) is 4.98 Å². The van der Waals surface area contributed by atoms with Crippen LogP contribution in [0.15, 0.2) is 10.9 Å². The largest absolute Gasteiger partial charge is 0.469 e. The molecule has 0 amide bonds. The maximum absolute atomic E-state index is 11.1. The summed E-state index contributed by atoms with van der Waals surface area (Å²) < 4.78 is 9.48. The number of rotatable bonds is 5. The first-order valence-corrected chi connectivity index (χ1v) is 4.65. The fraction of sp³-hybridized carbons (Fsp3) is 0.667. The fourth-order valence-corrected chi connectivity index (χ4v) is 1.30. The summed E-state index contributed by atoms with van der Waals surface area (Å²) in [5.74, 6) is 0.157. The standard InChI is InChI=1S/C9H15N3O3/c1-7(9(13)14-3)4-12(2)5-8-10-6-11-15-8/h6-7H,4-5H2,1-3H3. The summed E-state index contributed by atoms with van der Waals surface area (Å²) in [6.45, 7) is 2.94. The molecule has 15 heavy (non-hydrogen) atoms. The van der Waals surface area contributed by atoms with Crippen LogP contribution in [0.3, 0.4) is 0 Å². The van der Waals surface area contributed by atoms with Crippen molar-refractivity contribution in [2.75, 3.05) is 20.7 Å². The van der Waals surface area contributed by atoms with Gasteiger partial charge in [-0.15, -0.1) is 0 Å². The zero-order valence-corrected chi connectivity index (χ0v) is 9.14. The molecule has 0 fully saturated rings. The molecule has 0 saturated heterocycles. The lowest BCUT2D eigenvalue weighted by Crippen LogP contribution is -2.29. The molecule has 1 heterocycles. The van der Waals surface area contributed by atoms with Gasteiger partial charge >= 0.3 is 5.97 Å². The monoisotopic (exact) mass is 213 g/mol. The number of aromatic nitrogens is 2. The van der Waals surface area contributed by atoms with Gasteiger partial charge in [-0.1, -0.05) is 12.1 Å². The molecule has 1 rings (SSSR count). The van der Waals surface area contributed by atoms with E-state index >= 15 is 0 Å². The molecule has 1 atom stereocenters. The second kappa shape index (κ2) is 5.45. The van der Waals surface area contributed by atoms with Gasteiger partial charge in [-0.05, 0) is 7.05 Å². The first kappa shape index (κ1) is 11.6. The summed E-state index contributed by atoms with van der Waals surface area (Å²) in [4.78, 5) is 17.0. The Labute approximate surface area is 88.2 Å². The summed E-state index contributed by atoms with van der Waals surface area (Å²) in [5.41, 5.74) is 0. The van der Waals surface area contributed by atoms with Crippen molar-refractivity contribution in [1.82, 2.24) is 15.0 Å². The van der Waals surface area contributed by atoms with E-state index in [9.17, 15) is 4.79 Å². The van der Waals surface area contributed by atoms with Crippen molar-refractivity contribution < 1.29 is 14.1 Å². The Kier molecular flexibility index (Phi) is 4.23. The van der Waals surface area contributed by atoms with Gasteiger partial charge in [0, 0.05) is 6.54 Å². The van der Waals surface area contributed by atoms with Crippen molar-refractivity contribution in [2.45, 2.75) is 13.5 Å². The third kappa shape index (κ3) is 3.67. The molecule has 1 unspecified atom stereocenters. The second-order valence-electron chi connectivity index (χ2n) is 3.46. The number of carbonyl (C=O) groups excluding carboxylic acids is 1. The topological polar surface area (TPSA) is 68.5 Å². The summed E-state index contributed by atoms with van der Waals surface area (Å²) >= 11 is 0. The Bertz CT molecular complexity index is 300. The SMILES string of the molecule is COC(=O)C(C)CN(C)Cc1ncno1. The van der Waals surface area contributed by atoms with Gasteiger partial charge in [0.25, 0.3) is 0 Å². The van der Waals surface area contributed by atoms with E-state index in [1.807, 2.05) is 18.9 Å². The van der Waals surface area contributed by atoms with E-state index in [1.54, 1.807) is 0 Å². The number of esters is 1. The van der Waals surface area contributed by atoms with Crippen LogP contribution in [0.4, 0.5) is 0 Å². The highest BCUT2D eigenvalue weighted by molar-refractivity contribution is 5.71. The highest BCUT2D eigenvalue weighted by Crippen LogP contribution is 2.04. The number of methoxy groups -OCH3 is 1. The maximum Gasteiger partial charge on any atom is 0.309 e. The van der Waals surface area contributed by atoms with E-state index in [1.165, 1.54) is 13.4 Å². The number of ether oxygens (including phenoxy) is 1. The van der Waals surface area contributed by atoms with E-state index in [-0.39, 0.29) is 11.9 Å². The van der Waals surface area contributed by atoms with Gasteiger partial charge < -0.3 is 9.26 Å². The molecule has 6 heteroatoms. The van der Waals surface area contributed by atoms with Crippen LogP contribution in [0.1, 0.15) is 12.8 Å². The summed E-state index contributed by atoms with van der Waals surface area (Å²) in [6.07, 6.45) is 1.35. The molecule has 0 spiro atoms. The molecule has 0 aromatic carbocycles. The minimum absolute atomic E-state index is 0.164. The lowest BCUT2D eigenvalue weighted by Gasteiger charge is -2.17. The van der Waals surface area contributed by atoms with Crippen LogP contribution >= 0.6 is 0 Å². The zero-order valence-electron chi connectivity index (χ0n) is 9.14. The van der Waals surface area contributed by atoms with Crippen molar-refractivity contribution in [2.24, 2.45) is 5.92 Å². The van der Waals surface area contributed by atoms with Crippen LogP contribution in [0, 0.1) is 5.92 Å². The van der Waals surface area contributed by atoms with E-state index < -0.39 is 0 Å². The summed E-state index contributed by atoms with van der Waals surface area (Å²) in [7, 11) is 3.26. The molecule has 1 aromatic rings. The van der Waals surface area contributed by atoms with Crippen molar-refractivity contribution >= 4 is 5.97 Å². The van der Waals surface area contributed by atoms with E-state index in [0.717, 1.165) is 0 Å². The van der Waals surface area contributed by atoms with E-state index in [2.05, 4.69) is 14.9 Å². The van der Waals surface area contributed by atoms with Crippen molar-refractivity contribution in [3.63, 3.8) is 0 Å². The number of nitrogens with zero attached hydrogens (tertiary/aromatic N) is 3. The first-order chi connectivity index (χ1) is 7.13. The van der Waals surface area contributed by atoms with Crippen LogP contribution in [0.25, 0.3) is 0 Å². The van der Waals surface area contributed by atoms with Crippen molar-refractivity contribution in [1.29, 1.82) is 0 Å². The van der Waals surface area contributed by atoms with Gasteiger partial charge in [0.1, 0.15) is 0 Å². The zero-order chi connectivity index (χ0) is 11.3. The number of hydrogen-bond acceptors (Lipinski definition) is 6. The Morgan fingerprint density at radius 2 is 2.47 bits per heavy atom. The van der Waals surface area contributed by atoms with Crippen LogP contribution in [-0.2, 0) is 16.1 Å². The lowest BCUT2D eigenvalue weighted by atomic mass is 10.2. The molecule has 0 bridgehead atoms. The van der Waals surface area contributed by atoms with E-state index in [4.69, 9.17) is 4.52 Å². The molecular weight excluding hydrogens is 198 g/mol. The molecule has 0 aliphatic carbocycles. The Morgan fingerprint density at radius 3 is 3.00 bits per heavy atom. The highest BCUT2D eigenvalue weighted by atomic mass is 16.5. The molecule has 0 aliphatic heterocycles. The maximum atomic E-state index is 11.1. The lowest BCUT2D eigenvalue weighted by molar-refractivity contribution is -0.145. The van der Waals surface area contributed by atoms with E-state index in [0.29, 0.717) is 19.0 Å². The fourth-order valence-electron chi connectivity index (χ4n) is 1.30. The average Bonchev–Trinajstić information content (AvgIpc) is 2.68. The Balaban J connectivity index is 2.35. The van der Waals surface area contributed by atoms with Crippen molar-refractivity contribution in [3.05, 3.63) is 12.2 Å². The Hall–Kier alpha value is -1.43. The van der Waals surface area contributed by atoms with Crippen LogP contribution in [0.5, 0.6) is 0 Å². The molecular formula is C9H15N3O3. The molecule has 0 radical (unpaired) electrons. The minimum Gasteiger partial charge on any atom is -0.469 e. The normalized spacial score (nSPS) is 12.8. The first-order valence-electron chi connectivity index (χ1n) is 4.65. The predicted octanol–water partition coefficient (Wildman–Crippen LogP) is 0.310. The molecule has 1 aromatic heterocycles. The van der Waals surface area contributed by atoms with Gasteiger partial charge in [0.05, 0.1) is 19.6 Å². The van der Waals surface area contributed by atoms with Gasteiger partial charge in [0.15, 0.2) is 6.33 Å².